The van der Waals surface area contributed by atoms with Gasteiger partial charge in [-0.25, -0.2) is 13.1 Å². The van der Waals surface area contributed by atoms with Crippen LogP contribution < -0.4 is 4.72 Å². The van der Waals surface area contributed by atoms with E-state index in [-0.39, 0.29) is 19.8 Å². The zero-order chi connectivity index (χ0) is 19.2. The topological polar surface area (TPSA) is 158 Å². The predicted molar refractivity (Wildman–Crippen MR) is 86.4 cm³/mol. The third-order valence-corrected chi connectivity index (χ3v) is 4.35. The third-order valence-electron chi connectivity index (χ3n) is 3.79. The van der Waals surface area contributed by atoms with Gasteiger partial charge in [-0.1, -0.05) is 30.3 Å². The summed E-state index contributed by atoms with van der Waals surface area (Å²) in [4.78, 5) is 0. The van der Waals surface area contributed by atoms with Crippen molar-refractivity contribution in [2.75, 3.05) is 19.8 Å². The molecule has 5 atom stereocenters. The molecule has 0 spiro atoms. The Balaban J connectivity index is 2.15. The van der Waals surface area contributed by atoms with Crippen LogP contribution in [0.5, 0.6) is 0 Å². The maximum atomic E-state index is 11.1. The van der Waals surface area contributed by atoms with Gasteiger partial charge < -0.3 is 34.1 Å². The van der Waals surface area contributed by atoms with E-state index < -0.39 is 47.6 Å². The molecule has 0 aromatic heterocycles. The van der Waals surface area contributed by atoms with Crippen LogP contribution in [0.15, 0.2) is 30.3 Å². The molecule has 148 valence electrons. The smallest absolute Gasteiger partial charge is 0.177 e. The molecule has 1 aromatic rings. The molecular weight excluding hydrogens is 370 g/mol. The number of ether oxygens (including phenoxy) is 3. The molecule has 0 aliphatic carbocycles. The monoisotopic (exact) mass is 392 g/mol. The summed E-state index contributed by atoms with van der Waals surface area (Å²) in [5, 5.41) is 28.9. The second-order valence-electron chi connectivity index (χ2n) is 5.67. The second-order valence-corrected chi connectivity index (χ2v) is 6.81. The molecule has 1 aromatic carbocycles. The molecule has 1 aliphatic rings. The highest BCUT2D eigenvalue weighted by atomic mass is 32.2. The van der Waals surface area contributed by atoms with Crippen LogP contribution in [0.1, 0.15) is 5.56 Å². The number of benzene rings is 1. The number of hydrogen-bond donors (Lipinski definition) is 4. The fourth-order valence-electron chi connectivity index (χ4n) is 2.64. The molecule has 0 amide bonds. The van der Waals surface area contributed by atoms with Crippen molar-refractivity contribution in [2.45, 2.75) is 37.3 Å². The first kappa shape index (κ1) is 21.2. The van der Waals surface area contributed by atoms with Crippen LogP contribution >= 0.6 is 0 Å². The van der Waals surface area contributed by atoms with Crippen LogP contribution in [0.4, 0.5) is 0 Å². The van der Waals surface area contributed by atoms with Gasteiger partial charge in [0.15, 0.2) is 16.6 Å². The molecule has 2 rings (SSSR count). The van der Waals surface area contributed by atoms with E-state index in [4.69, 9.17) is 19.3 Å². The van der Waals surface area contributed by atoms with Crippen molar-refractivity contribution in [3.63, 3.8) is 0 Å². The lowest BCUT2D eigenvalue weighted by molar-refractivity contribution is -0.279. The molecule has 0 bridgehead atoms. The van der Waals surface area contributed by atoms with E-state index >= 15 is 0 Å². The molecule has 10 nitrogen and oxygen atoms in total. The van der Waals surface area contributed by atoms with E-state index in [0.29, 0.717) is 0 Å². The first-order chi connectivity index (χ1) is 12.4. The van der Waals surface area contributed by atoms with E-state index in [1.807, 2.05) is 6.07 Å². The van der Waals surface area contributed by atoms with Gasteiger partial charge in [0.05, 0.1) is 26.4 Å². The minimum absolute atomic E-state index is 0.0709. The molecule has 1 heterocycles. The van der Waals surface area contributed by atoms with Gasteiger partial charge in [0.2, 0.25) is 0 Å². The highest BCUT2D eigenvalue weighted by molar-refractivity contribution is 7.83. The summed E-state index contributed by atoms with van der Waals surface area (Å²) in [7, 11) is -4.93. The SMILES string of the molecule is O=S(=O)([O-])N[C@H]1[C@@H](OCCO)O[C@H](CO)[C@@H](OCc2ccccc2)[C@@H]1O. The van der Waals surface area contributed by atoms with Gasteiger partial charge in [-0.15, -0.1) is 0 Å². The lowest BCUT2D eigenvalue weighted by Crippen LogP contribution is -2.65. The third kappa shape index (κ3) is 5.94. The van der Waals surface area contributed by atoms with Crippen molar-refractivity contribution < 1.29 is 42.5 Å². The average Bonchev–Trinajstić information content (AvgIpc) is 2.61. The van der Waals surface area contributed by atoms with Gasteiger partial charge in [0.1, 0.15) is 24.4 Å². The molecular formula is C15H22NO9S-. The van der Waals surface area contributed by atoms with Crippen LogP contribution in [0, 0.1) is 0 Å². The van der Waals surface area contributed by atoms with E-state index in [9.17, 15) is 23.2 Å². The number of nitrogens with one attached hydrogen (secondary N) is 1. The zero-order valence-corrected chi connectivity index (χ0v) is 14.6. The van der Waals surface area contributed by atoms with Crippen LogP contribution in [0.25, 0.3) is 0 Å². The van der Waals surface area contributed by atoms with E-state index in [0.717, 1.165) is 5.56 Å². The lowest BCUT2D eigenvalue weighted by atomic mass is 9.97. The van der Waals surface area contributed by atoms with Crippen molar-refractivity contribution in [1.29, 1.82) is 0 Å². The van der Waals surface area contributed by atoms with Crippen molar-refractivity contribution in [3.05, 3.63) is 35.9 Å². The van der Waals surface area contributed by atoms with Gasteiger partial charge in [-0.2, -0.15) is 0 Å². The molecule has 1 saturated heterocycles. The summed E-state index contributed by atoms with van der Waals surface area (Å²) < 4.78 is 51.1. The largest absolute Gasteiger partial charge is 0.735 e. The Hall–Kier alpha value is -1.15. The second kappa shape index (κ2) is 9.69. The molecule has 0 saturated carbocycles. The standard InChI is InChI=1S/C15H23NO9S/c17-6-7-23-15-12(16-26(20,21)22)13(19)14(11(8-18)25-15)24-9-10-4-2-1-3-5-10/h1-5,11-19H,6-9H2,(H,20,21,22)/p-1/t11-,12-,13-,14-,15+/m1/s1. The quantitative estimate of drug-likeness (QED) is 0.351. The maximum absolute atomic E-state index is 11.1. The molecule has 26 heavy (non-hydrogen) atoms. The molecule has 0 unspecified atom stereocenters. The van der Waals surface area contributed by atoms with Gasteiger partial charge in [0, 0.05) is 0 Å². The predicted octanol–water partition coefficient (Wildman–Crippen LogP) is -1.92. The highest BCUT2D eigenvalue weighted by Crippen LogP contribution is 2.25. The first-order valence-electron chi connectivity index (χ1n) is 7.91. The van der Waals surface area contributed by atoms with Crippen LogP contribution in [-0.2, 0) is 31.1 Å². The molecule has 0 radical (unpaired) electrons. The van der Waals surface area contributed by atoms with Crippen molar-refractivity contribution in [2.24, 2.45) is 0 Å². The van der Waals surface area contributed by atoms with Crippen LogP contribution in [-0.4, -0.2) is 78.8 Å². The van der Waals surface area contributed by atoms with Crippen LogP contribution in [0.2, 0.25) is 0 Å². The van der Waals surface area contributed by atoms with Crippen molar-refractivity contribution in [1.82, 2.24) is 4.72 Å². The van der Waals surface area contributed by atoms with Crippen molar-refractivity contribution in [3.8, 4) is 0 Å². The van der Waals surface area contributed by atoms with Gasteiger partial charge in [-0.05, 0) is 5.56 Å². The Kier molecular flexibility index (Phi) is 7.88. The van der Waals surface area contributed by atoms with E-state index in [1.165, 1.54) is 0 Å². The van der Waals surface area contributed by atoms with E-state index in [2.05, 4.69) is 0 Å². The summed E-state index contributed by atoms with van der Waals surface area (Å²) in [5.41, 5.74) is 0.788. The zero-order valence-electron chi connectivity index (χ0n) is 13.8. The summed E-state index contributed by atoms with van der Waals surface area (Å²) >= 11 is 0. The Morgan fingerprint density at radius 1 is 1.19 bits per heavy atom. The van der Waals surface area contributed by atoms with E-state index in [1.54, 1.807) is 29.0 Å². The Bertz CT molecular complexity index is 642. The minimum Gasteiger partial charge on any atom is -0.735 e. The van der Waals surface area contributed by atoms with Gasteiger partial charge >= 0.3 is 0 Å². The Morgan fingerprint density at radius 3 is 2.46 bits per heavy atom. The van der Waals surface area contributed by atoms with Gasteiger partial charge in [-0.3, -0.25) is 0 Å². The normalized spacial score (nSPS) is 29.6. The number of aliphatic hydroxyl groups excluding tert-OH is 3. The number of rotatable bonds is 9. The van der Waals surface area contributed by atoms with Gasteiger partial charge in [0.25, 0.3) is 0 Å². The summed E-state index contributed by atoms with van der Waals surface area (Å²) in [6.07, 6.45) is -5.05. The van der Waals surface area contributed by atoms with Crippen LogP contribution in [0.3, 0.4) is 0 Å². The Morgan fingerprint density at radius 2 is 1.88 bits per heavy atom. The molecule has 4 N–H and O–H groups in total. The average molecular weight is 392 g/mol. The number of aliphatic hydroxyl groups is 3. The first-order valence-corrected chi connectivity index (χ1v) is 9.32. The maximum Gasteiger partial charge on any atom is 0.177 e. The lowest BCUT2D eigenvalue weighted by Gasteiger charge is -2.44. The summed E-state index contributed by atoms with van der Waals surface area (Å²) in [5.74, 6) is 0. The van der Waals surface area contributed by atoms with Crippen molar-refractivity contribution >= 4 is 10.3 Å². The summed E-state index contributed by atoms with van der Waals surface area (Å²) in [6, 6.07) is 7.52. The molecule has 1 aliphatic heterocycles. The summed E-state index contributed by atoms with van der Waals surface area (Å²) in [6.45, 7) is -1.07. The number of hydrogen-bond acceptors (Lipinski definition) is 9. The minimum atomic E-state index is -4.93. The fourth-order valence-corrected chi connectivity index (χ4v) is 3.23. The molecule has 1 fully saturated rings. The fraction of sp³-hybridized carbons (Fsp3) is 0.600. The highest BCUT2D eigenvalue weighted by Gasteiger charge is 2.47. The molecule has 11 heteroatoms. The Labute approximate surface area is 151 Å².